The summed E-state index contributed by atoms with van der Waals surface area (Å²) >= 11 is 0. The molecule has 92 heavy (non-hydrogen) atoms. The number of para-hydroxylation sites is 1. The van der Waals surface area contributed by atoms with Gasteiger partial charge in [-0.2, -0.15) is 13.7 Å². The molecular weight excluding hydrogens is 1130 g/mol. The van der Waals surface area contributed by atoms with E-state index in [1.54, 1.807) is 12.1 Å². The van der Waals surface area contributed by atoms with Crippen LogP contribution in [0.4, 0.5) is 8.78 Å². The Balaban J connectivity index is 0.000000153. The highest BCUT2D eigenvalue weighted by atomic mass is 19.1. The van der Waals surface area contributed by atoms with Crippen LogP contribution in [0.15, 0.2) is 231 Å². The Labute approximate surface area is 546 Å². The highest BCUT2D eigenvalue weighted by Gasteiger charge is 2.31. The van der Waals surface area contributed by atoms with Gasteiger partial charge in [-0.15, -0.1) is 0 Å². The summed E-state index contributed by atoms with van der Waals surface area (Å²) in [5.74, 6) is 4.91. The molecule has 0 saturated carbocycles. The van der Waals surface area contributed by atoms with Crippen LogP contribution >= 0.6 is 0 Å². The standard InChI is InChI=1S/C32H30FN2.C29H33N2.C23H28FN2/c1-22(2)26-20-29(24-11-7-5-8-12-24)31(30(21-26)25-13-9-6-10-14-25)35-18-17-34(4)32(35)28-16-15-27(33)19-23(28)3;1-20(2)26-18-24(23-13-8-7-9-14-23)19-27(21(3)4)28(26)31-17-16-30(6)29(31)25-15-11-10-12-22(25)5;1-15(2)19-8-7-9-20(16(3)4)22(19)26-13-12-25(6)23(26)21-11-10-18(24)14-17(21)5/h5-22H,1-4H3;7-21H,1-6H3;7-16H,1-6H3/q3*+1. The predicted octanol–water partition coefficient (Wildman–Crippen LogP) is 20.7. The maximum atomic E-state index is 14.0. The summed E-state index contributed by atoms with van der Waals surface area (Å²) in [5, 5.41) is 0. The van der Waals surface area contributed by atoms with Crippen molar-refractivity contribution in [3.05, 3.63) is 287 Å². The molecule has 468 valence electrons. The van der Waals surface area contributed by atoms with Gasteiger partial charge in [0, 0.05) is 33.4 Å². The fraction of sp³-hybridized carbons (Fsp3) is 0.250. The lowest BCUT2D eigenvalue weighted by Crippen LogP contribution is -2.29. The maximum absolute atomic E-state index is 14.0. The van der Waals surface area contributed by atoms with Gasteiger partial charge in [-0.1, -0.05) is 197 Å². The lowest BCUT2D eigenvalue weighted by molar-refractivity contribution is -0.659. The molecular formula is C84H91F2N6+3. The second kappa shape index (κ2) is 28.3. The van der Waals surface area contributed by atoms with Gasteiger partial charge in [0.15, 0.2) is 0 Å². The monoisotopic (exact) mass is 1220 g/mol. The molecule has 0 fully saturated rings. The Morgan fingerprint density at radius 1 is 0.293 bits per heavy atom. The van der Waals surface area contributed by atoms with Crippen molar-refractivity contribution >= 4 is 0 Å². The number of benzene rings is 9. The fourth-order valence-electron chi connectivity index (χ4n) is 12.9. The first kappa shape index (κ1) is 65.4. The average Bonchev–Trinajstić information content (AvgIpc) is 1.44. The molecule has 0 spiro atoms. The molecule has 8 heteroatoms. The van der Waals surface area contributed by atoms with Crippen LogP contribution in [0.5, 0.6) is 0 Å². The zero-order valence-electron chi connectivity index (χ0n) is 56.8. The van der Waals surface area contributed by atoms with Crippen LogP contribution < -0.4 is 13.7 Å². The summed E-state index contributed by atoms with van der Waals surface area (Å²) in [6, 6.07) is 66.6. The van der Waals surface area contributed by atoms with Crippen molar-refractivity contribution in [1.29, 1.82) is 0 Å². The van der Waals surface area contributed by atoms with Gasteiger partial charge in [-0.25, -0.2) is 22.5 Å². The first-order valence-corrected chi connectivity index (χ1v) is 32.6. The van der Waals surface area contributed by atoms with Crippen LogP contribution in [-0.4, -0.2) is 13.7 Å². The summed E-state index contributed by atoms with van der Waals surface area (Å²) < 4.78 is 41.0. The average molecular weight is 1220 g/mol. The molecule has 0 saturated heterocycles. The topological polar surface area (TPSA) is 26.4 Å². The Kier molecular flexibility index (Phi) is 20.1. The van der Waals surface area contributed by atoms with Gasteiger partial charge in [-0.05, 0) is 162 Å². The van der Waals surface area contributed by atoms with Crippen LogP contribution in [0, 0.1) is 32.4 Å². The number of aryl methyl sites for hydroxylation is 6. The van der Waals surface area contributed by atoms with Crippen LogP contribution in [0.2, 0.25) is 0 Å². The Bertz CT molecular complexity index is 4400. The van der Waals surface area contributed by atoms with Crippen molar-refractivity contribution in [2.75, 3.05) is 0 Å². The Hall–Kier alpha value is -9.53. The third-order valence-electron chi connectivity index (χ3n) is 17.8. The van der Waals surface area contributed by atoms with E-state index in [-0.39, 0.29) is 11.6 Å². The van der Waals surface area contributed by atoms with Gasteiger partial charge in [0.2, 0.25) is 0 Å². The zero-order valence-corrected chi connectivity index (χ0v) is 56.8. The molecule has 3 aromatic heterocycles. The molecule has 0 atom stereocenters. The zero-order chi connectivity index (χ0) is 65.7. The molecule has 12 rings (SSSR count). The summed E-state index contributed by atoms with van der Waals surface area (Å²) in [6.45, 7) is 28.7. The summed E-state index contributed by atoms with van der Waals surface area (Å²) in [5.41, 5.74) is 24.1. The lowest BCUT2D eigenvalue weighted by atomic mass is 9.88. The molecule has 0 amide bonds. The molecule has 0 bridgehead atoms. The van der Waals surface area contributed by atoms with Gasteiger partial charge in [-0.3, -0.25) is 0 Å². The van der Waals surface area contributed by atoms with Crippen molar-refractivity contribution in [2.45, 2.75) is 120 Å². The first-order chi connectivity index (χ1) is 44.1. The number of hydrogen-bond donors (Lipinski definition) is 0. The van der Waals surface area contributed by atoms with Crippen LogP contribution in [0.25, 0.3) is 84.6 Å². The molecule has 0 radical (unpaired) electrons. The van der Waals surface area contributed by atoms with Crippen molar-refractivity contribution < 1.29 is 22.5 Å². The molecule has 6 nitrogen and oxygen atoms in total. The molecule has 0 N–H and O–H groups in total. The number of hydrogen-bond acceptors (Lipinski definition) is 0. The number of imidazole rings is 3. The van der Waals surface area contributed by atoms with Crippen molar-refractivity contribution in [1.82, 2.24) is 13.7 Å². The van der Waals surface area contributed by atoms with E-state index in [0.717, 1.165) is 39.6 Å². The van der Waals surface area contributed by atoms with Gasteiger partial charge >= 0.3 is 0 Å². The van der Waals surface area contributed by atoms with E-state index in [1.165, 1.54) is 102 Å². The summed E-state index contributed by atoms with van der Waals surface area (Å²) in [7, 11) is 6.23. The van der Waals surface area contributed by atoms with E-state index in [9.17, 15) is 8.78 Å². The number of halogens is 2. The van der Waals surface area contributed by atoms with Gasteiger partial charge < -0.3 is 0 Å². The molecule has 12 aromatic rings. The third kappa shape index (κ3) is 13.7. The third-order valence-corrected chi connectivity index (χ3v) is 17.8. The molecule has 3 heterocycles. The minimum Gasteiger partial charge on any atom is -0.232 e. The van der Waals surface area contributed by atoms with Gasteiger partial charge in [0.05, 0.1) is 37.8 Å². The Morgan fingerprint density at radius 3 is 1.01 bits per heavy atom. The van der Waals surface area contributed by atoms with Crippen molar-refractivity contribution in [2.24, 2.45) is 21.1 Å². The number of rotatable bonds is 14. The van der Waals surface area contributed by atoms with Crippen molar-refractivity contribution in [3.63, 3.8) is 0 Å². The van der Waals surface area contributed by atoms with Gasteiger partial charge in [0.1, 0.15) is 65.9 Å². The number of nitrogens with zero attached hydrogens (tertiary/aromatic N) is 6. The number of aromatic nitrogens is 6. The highest BCUT2D eigenvalue weighted by molar-refractivity contribution is 5.87. The lowest BCUT2D eigenvalue weighted by Gasteiger charge is -2.20. The summed E-state index contributed by atoms with van der Waals surface area (Å²) in [6.07, 6.45) is 12.8. The second-order valence-corrected chi connectivity index (χ2v) is 26.2. The minimum atomic E-state index is -0.219. The quantitative estimate of drug-likeness (QED) is 0.0970. The second-order valence-electron chi connectivity index (χ2n) is 26.2. The van der Waals surface area contributed by atoms with E-state index < -0.39 is 0 Å². The van der Waals surface area contributed by atoms with E-state index >= 15 is 0 Å². The van der Waals surface area contributed by atoms with E-state index in [4.69, 9.17) is 0 Å². The molecule has 0 aliphatic rings. The normalized spacial score (nSPS) is 11.4. The maximum Gasteiger partial charge on any atom is 0.294 e. The molecule has 0 unspecified atom stereocenters. The van der Waals surface area contributed by atoms with Crippen LogP contribution in [0.3, 0.4) is 0 Å². The fourth-order valence-corrected chi connectivity index (χ4v) is 12.9. The smallest absolute Gasteiger partial charge is 0.232 e. The first-order valence-electron chi connectivity index (χ1n) is 32.6. The molecule has 0 aliphatic carbocycles. The van der Waals surface area contributed by atoms with E-state index in [2.05, 4.69) is 306 Å². The molecule has 0 aliphatic heterocycles. The summed E-state index contributed by atoms with van der Waals surface area (Å²) in [4.78, 5) is 0. The van der Waals surface area contributed by atoms with Crippen molar-refractivity contribution in [3.8, 4) is 84.6 Å². The SMILES string of the molecule is Cc1cc(F)ccc1-c1n(-c2c(-c3ccccc3)cc(C(C)C)cc2-c2ccccc2)cc[n+]1C.Cc1cc(F)ccc1-c1n(-c2c(C(C)C)cccc2C(C)C)cc[n+]1C.Cc1ccccc1-c1n(-c2c(C(C)C)cc(-c3ccccc3)cc2C(C)C)cc[n+]1C. The Morgan fingerprint density at radius 2 is 0.641 bits per heavy atom. The molecule has 9 aromatic carbocycles. The highest BCUT2D eigenvalue weighted by Crippen LogP contribution is 2.42. The van der Waals surface area contributed by atoms with Gasteiger partial charge in [0.25, 0.3) is 17.5 Å². The predicted molar refractivity (Wildman–Crippen MR) is 378 cm³/mol. The van der Waals surface area contributed by atoms with E-state index in [0.29, 0.717) is 29.6 Å². The minimum absolute atomic E-state index is 0.197. The largest absolute Gasteiger partial charge is 0.294 e. The van der Waals surface area contributed by atoms with Crippen LogP contribution in [0.1, 0.15) is 143 Å². The van der Waals surface area contributed by atoms with E-state index in [1.807, 2.05) is 40.1 Å². The van der Waals surface area contributed by atoms with Crippen LogP contribution in [-0.2, 0) is 21.1 Å².